The zero-order chi connectivity index (χ0) is 43.1. The molecule has 4 aromatic rings. The predicted molar refractivity (Wildman–Crippen MR) is 222 cm³/mol. The molecule has 0 saturated carbocycles. The van der Waals surface area contributed by atoms with Crippen LogP contribution in [0.2, 0.25) is 0 Å². The van der Waals surface area contributed by atoms with Crippen molar-refractivity contribution in [1.29, 1.82) is 0 Å². The second kappa shape index (κ2) is 22.1. The molecule has 0 unspecified atom stereocenters. The number of aromatic nitrogens is 1. The normalized spacial score (nSPS) is 14.6. The summed E-state index contributed by atoms with van der Waals surface area (Å²) in [5.41, 5.74) is 9.02. The molecule has 3 aromatic carbocycles. The molecule has 11 N–H and O–H groups in total. The molecule has 0 radical (unpaired) electrons. The predicted octanol–water partition coefficient (Wildman–Crippen LogP) is -0.522. The van der Waals surface area contributed by atoms with E-state index in [0.717, 1.165) is 16.5 Å². The smallest absolute Gasteiger partial charge is 0.326 e. The number of thiol groups is 1. The molecule has 0 fully saturated rings. The monoisotopic (exact) mass is 830 g/mol. The number of nitrogens with two attached hydrogens (primary N) is 1. The molecule has 17 nitrogen and oxygen atoms in total. The minimum atomic E-state index is -1.63. The number of carbonyl (C=O) groups is 7. The molecule has 4 rings (SSSR count). The van der Waals surface area contributed by atoms with Crippen molar-refractivity contribution in [2.45, 2.75) is 75.5 Å². The number of aliphatic hydroxyl groups excluding tert-OH is 1. The Morgan fingerprint density at radius 2 is 1.25 bits per heavy atom. The van der Waals surface area contributed by atoms with Gasteiger partial charge in [0, 0.05) is 35.7 Å². The summed E-state index contributed by atoms with van der Waals surface area (Å²) in [6, 6.07) is 17.3. The molecule has 0 bridgehead atoms. The number of nitrogens with one attached hydrogen (secondary N) is 7. The van der Waals surface area contributed by atoms with Crippen molar-refractivity contribution in [3.8, 4) is 0 Å². The molecule has 6 amide bonds. The maximum absolute atomic E-state index is 13.9. The van der Waals surface area contributed by atoms with E-state index >= 15 is 0 Å². The fourth-order valence-electron chi connectivity index (χ4n) is 6.07. The van der Waals surface area contributed by atoms with Crippen molar-refractivity contribution in [2.75, 3.05) is 12.3 Å². The molecule has 1 aromatic heterocycles. The van der Waals surface area contributed by atoms with Crippen molar-refractivity contribution < 1.29 is 43.8 Å². The van der Waals surface area contributed by atoms with Crippen molar-refractivity contribution in [3.63, 3.8) is 0 Å². The standard InChI is InChI=1S/C41H50N8O9S/c1-23(45-37(53)29(42)17-25-11-5-3-6-12-25)36(52)47-31(19-27-20-43-30-16-10-9-15-28(27)30)39(55)49-35(24(2)50)40(56)48-33(22-59)38(54)44-21-34(51)46-32(41(57)58)18-26-13-7-4-8-14-26/h3-16,20,23-24,29,31-33,35,43,50,59H,17-19,21-22,42H2,1-2H3,(H,44,54)(H,45,53)(H,46,51)(H,47,52)(H,48,56)(H,49,55)(H,57,58)/t23-,24+,29-,31-,32-,33-,35-/m0/s1. The minimum absolute atomic E-state index is 0.00341. The molecule has 1 heterocycles. The quantitative estimate of drug-likeness (QED) is 0.0479. The van der Waals surface area contributed by atoms with Crippen LogP contribution in [0, 0.1) is 0 Å². The molecule has 0 aliphatic heterocycles. The van der Waals surface area contributed by atoms with Gasteiger partial charge in [0.15, 0.2) is 0 Å². The molecule has 59 heavy (non-hydrogen) atoms. The summed E-state index contributed by atoms with van der Waals surface area (Å²) < 4.78 is 0. The lowest BCUT2D eigenvalue weighted by Gasteiger charge is -2.27. The van der Waals surface area contributed by atoms with E-state index in [1.54, 1.807) is 42.6 Å². The van der Waals surface area contributed by atoms with Crippen LogP contribution in [0.1, 0.15) is 30.5 Å². The molecule has 0 aliphatic rings. The van der Waals surface area contributed by atoms with Crippen LogP contribution in [0.25, 0.3) is 10.9 Å². The number of amides is 6. The van der Waals surface area contributed by atoms with Gasteiger partial charge in [-0.2, -0.15) is 12.6 Å². The number of hydrogen-bond donors (Lipinski definition) is 11. The van der Waals surface area contributed by atoms with E-state index in [9.17, 15) is 43.8 Å². The van der Waals surface area contributed by atoms with Crippen LogP contribution in [0.3, 0.4) is 0 Å². The zero-order valence-corrected chi connectivity index (χ0v) is 33.4. The lowest BCUT2D eigenvalue weighted by molar-refractivity contribution is -0.141. The first kappa shape index (κ1) is 45.5. The lowest BCUT2D eigenvalue weighted by Crippen LogP contribution is -2.61. The van der Waals surface area contributed by atoms with Crippen molar-refractivity contribution in [1.82, 2.24) is 36.9 Å². The topological polar surface area (TPSA) is 274 Å². The van der Waals surface area contributed by atoms with E-state index in [-0.39, 0.29) is 25.0 Å². The van der Waals surface area contributed by atoms with Crippen LogP contribution < -0.4 is 37.6 Å². The van der Waals surface area contributed by atoms with Gasteiger partial charge in [0.1, 0.15) is 30.2 Å². The van der Waals surface area contributed by atoms with Gasteiger partial charge in [-0.1, -0.05) is 78.9 Å². The molecule has 7 atom stereocenters. The summed E-state index contributed by atoms with van der Waals surface area (Å²) in [4.78, 5) is 94.3. The Labute approximate surface area is 346 Å². The number of benzene rings is 3. The van der Waals surface area contributed by atoms with E-state index in [1.165, 1.54) is 13.8 Å². The summed E-state index contributed by atoms with van der Waals surface area (Å²) >= 11 is 4.14. The molecule has 0 saturated heterocycles. The van der Waals surface area contributed by atoms with Crippen molar-refractivity contribution in [2.24, 2.45) is 5.73 Å². The highest BCUT2D eigenvalue weighted by Gasteiger charge is 2.33. The van der Waals surface area contributed by atoms with E-state index in [4.69, 9.17) is 5.73 Å². The Morgan fingerprint density at radius 1 is 0.661 bits per heavy atom. The number of carbonyl (C=O) groups excluding carboxylic acids is 6. The highest BCUT2D eigenvalue weighted by molar-refractivity contribution is 7.80. The number of carboxylic acid groups (broad SMARTS) is 1. The van der Waals surface area contributed by atoms with E-state index in [2.05, 4.69) is 49.5 Å². The average Bonchev–Trinajstić information content (AvgIpc) is 3.63. The van der Waals surface area contributed by atoms with Gasteiger partial charge >= 0.3 is 5.97 Å². The second-order valence-electron chi connectivity index (χ2n) is 14.0. The van der Waals surface area contributed by atoms with Gasteiger partial charge < -0.3 is 52.8 Å². The molecular weight excluding hydrogens is 781 g/mol. The highest BCUT2D eigenvalue weighted by atomic mass is 32.1. The molecule has 0 aliphatic carbocycles. The molecule has 314 valence electrons. The number of aliphatic hydroxyl groups is 1. The van der Waals surface area contributed by atoms with E-state index in [1.807, 2.05) is 48.5 Å². The summed E-state index contributed by atoms with van der Waals surface area (Å²) in [5.74, 6) is -6.34. The maximum atomic E-state index is 13.9. The third-order valence-corrected chi connectivity index (χ3v) is 9.70. The average molecular weight is 831 g/mol. The Hall–Kier alpha value is -6.24. The Balaban J connectivity index is 1.40. The third kappa shape index (κ3) is 13.7. The van der Waals surface area contributed by atoms with Gasteiger partial charge in [0.2, 0.25) is 35.4 Å². The van der Waals surface area contributed by atoms with Crippen LogP contribution in [-0.2, 0) is 52.8 Å². The lowest BCUT2D eigenvalue weighted by atomic mass is 10.0. The first-order chi connectivity index (χ1) is 28.2. The first-order valence-electron chi connectivity index (χ1n) is 18.9. The fourth-order valence-corrected chi connectivity index (χ4v) is 6.33. The summed E-state index contributed by atoms with van der Waals surface area (Å²) in [5, 5.41) is 35.8. The SMILES string of the molecule is C[C@H](NC(=O)[C@@H](N)Cc1ccccc1)C(=O)N[C@@H](Cc1c[nH]c2ccccc12)C(=O)N[C@H](C(=O)N[C@@H](CS)C(=O)NCC(=O)N[C@@H](Cc1ccccc1)C(=O)O)[C@@H](C)O. The van der Waals surface area contributed by atoms with Gasteiger partial charge in [0.25, 0.3) is 0 Å². The van der Waals surface area contributed by atoms with Crippen LogP contribution in [0.5, 0.6) is 0 Å². The fraction of sp³-hybridized carbons (Fsp3) is 0.341. The third-order valence-electron chi connectivity index (χ3n) is 9.34. The molecular formula is C41H50N8O9S. The van der Waals surface area contributed by atoms with Crippen LogP contribution in [0.4, 0.5) is 0 Å². The number of para-hydroxylation sites is 1. The Kier molecular flexibility index (Phi) is 17.0. The first-order valence-corrected chi connectivity index (χ1v) is 19.5. The summed E-state index contributed by atoms with van der Waals surface area (Å²) in [6.45, 7) is 2.04. The second-order valence-corrected chi connectivity index (χ2v) is 14.4. The van der Waals surface area contributed by atoms with Gasteiger partial charge in [-0.05, 0) is 43.0 Å². The van der Waals surface area contributed by atoms with Gasteiger partial charge in [0.05, 0.1) is 18.7 Å². The number of H-pyrrole nitrogens is 1. The minimum Gasteiger partial charge on any atom is -0.480 e. The number of aromatic amines is 1. The van der Waals surface area contributed by atoms with Crippen LogP contribution in [0.15, 0.2) is 91.1 Å². The van der Waals surface area contributed by atoms with E-state index in [0.29, 0.717) is 11.1 Å². The van der Waals surface area contributed by atoms with E-state index < -0.39 is 90.3 Å². The van der Waals surface area contributed by atoms with Crippen LogP contribution in [-0.4, -0.2) is 111 Å². The summed E-state index contributed by atoms with van der Waals surface area (Å²) in [7, 11) is 0. The Morgan fingerprint density at radius 3 is 1.86 bits per heavy atom. The number of carboxylic acids is 1. The largest absolute Gasteiger partial charge is 0.480 e. The number of aliphatic carboxylic acids is 1. The van der Waals surface area contributed by atoms with Crippen molar-refractivity contribution >= 4 is 64.9 Å². The summed E-state index contributed by atoms with van der Waals surface area (Å²) in [6.07, 6.45) is 0.332. The highest BCUT2D eigenvalue weighted by Crippen LogP contribution is 2.19. The number of hydrogen-bond acceptors (Lipinski definition) is 10. The maximum Gasteiger partial charge on any atom is 0.326 e. The van der Waals surface area contributed by atoms with Gasteiger partial charge in [-0.3, -0.25) is 28.8 Å². The van der Waals surface area contributed by atoms with Crippen molar-refractivity contribution in [3.05, 3.63) is 108 Å². The Bertz CT molecular complexity index is 2080. The number of rotatable bonds is 21. The molecule has 18 heteroatoms. The van der Waals surface area contributed by atoms with Gasteiger partial charge in [-0.25, -0.2) is 4.79 Å². The van der Waals surface area contributed by atoms with Crippen LogP contribution >= 0.6 is 12.6 Å². The molecule has 0 spiro atoms. The number of fused-ring (bicyclic) bond motifs is 1. The zero-order valence-electron chi connectivity index (χ0n) is 32.5. The van der Waals surface area contributed by atoms with Gasteiger partial charge in [-0.15, -0.1) is 0 Å².